The maximum atomic E-state index is 5.80. The van der Waals surface area contributed by atoms with Crippen molar-refractivity contribution in [1.82, 2.24) is 5.32 Å². The Bertz CT molecular complexity index is 790. The molecule has 1 aliphatic carbocycles. The largest absolute Gasteiger partial charge is 0.497 e. The zero-order chi connectivity index (χ0) is 14.7. The maximum absolute atomic E-state index is 5.80. The van der Waals surface area contributed by atoms with Crippen LogP contribution in [0.15, 0.2) is 24.3 Å². The van der Waals surface area contributed by atoms with Gasteiger partial charge in [0.2, 0.25) is 6.79 Å². The normalized spacial score (nSPS) is 19.4. The third kappa shape index (κ3) is 2.02. The Morgan fingerprint density at radius 3 is 2.96 bits per heavy atom. The van der Waals surface area contributed by atoms with Crippen LogP contribution < -0.4 is 19.5 Å². The average Bonchev–Trinajstić information content (AvgIpc) is 3.02. The van der Waals surface area contributed by atoms with Gasteiger partial charge in [0.1, 0.15) is 5.75 Å². The minimum atomic E-state index is 0. The van der Waals surface area contributed by atoms with Gasteiger partial charge in [0, 0.05) is 11.6 Å². The smallest absolute Gasteiger partial charge is 0.231 e. The third-order valence-corrected chi connectivity index (χ3v) is 4.93. The highest BCUT2D eigenvalue weighted by atomic mass is 35.5. The quantitative estimate of drug-likeness (QED) is 0.870. The molecule has 0 saturated carbocycles. The molecule has 5 rings (SSSR count). The lowest BCUT2D eigenvalue weighted by Gasteiger charge is -2.34. The first kappa shape index (κ1) is 14.7. The van der Waals surface area contributed by atoms with Crippen LogP contribution in [0.3, 0.4) is 0 Å². The van der Waals surface area contributed by atoms with Gasteiger partial charge in [0.05, 0.1) is 7.11 Å². The summed E-state index contributed by atoms with van der Waals surface area (Å²) in [5, 5.41) is 3.65. The van der Waals surface area contributed by atoms with E-state index < -0.39 is 0 Å². The first-order valence-corrected chi connectivity index (χ1v) is 7.71. The fraction of sp³-hybridized carbons (Fsp3) is 0.333. The minimum absolute atomic E-state index is 0. The molecule has 0 radical (unpaired) electrons. The molecule has 0 unspecified atom stereocenters. The molecule has 2 aliphatic heterocycles. The molecule has 1 N–H and O–H groups in total. The van der Waals surface area contributed by atoms with Gasteiger partial charge in [0.25, 0.3) is 0 Å². The van der Waals surface area contributed by atoms with E-state index in [-0.39, 0.29) is 12.4 Å². The molecular formula is C18H18ClNO3. The van der Waals surface area contributed by atoms with E-state index in [2.05, 4.69) is 23.5 Å². The Kier molecular flexibility index (Phi) is 3.39. The fourth-order valence-electron chi connectivity index (χ4n) is 3.97. The van der Waals surface area contributed by atoms with Crippen LogP contribution in [-0.4, -0.2) is 20.4 Å². The Morgan fingerprint density at radius 2 is 2.09 bits per heavy atom. The van der Waals surface area contributed by atoms with Crippen LogP contribution in [0, 0.1) is 0 Å². The van der Waals surface area contributed by atoms with E-state index in [0.717, 1.165) is 36.6 Å². The van der Waals surface area contributed by atoms with E-state index in [1.807, 2.05) is 6.07 Å². The molecule has 2 heterocycles. The van der Waals surface area contributed by atoms with Crippen molar-refractivity contribution in [1.29, 1.82) is 0 Å². The van der Waals surface area contributed by atoms with Gasteiger partial charge in [-0.05, 0) is 59.8 Å². The van der Waals surface area contributed by atoms with Crippen LogP contribution >= 0.6 is 12.4 Å². The molecule has 0 fully saturated rings. The summed E-state index contributed by atoms with van der Waals surface area (Å²) in [6.45, 7) is 1.32. The number of hydrogen-bond donors (Lipinski definition) is 1. The molecule has 2 aromatic carbocycles. The van der Waals surface area contributed by atoms with Crippen molar-refractivity contribution in [3.63, 3.8) is 0 Å². The molecule has 0 amide bonds. The van der Waals surface area contributed by atoms with Gasteiger partial charge in [-0.2, -0.15) is 0 Å². The molecule has 0 bridgehead atoms. The average molecular weight is 332 g/mol. The second-order valence-corrected chi connectivity index (χ2v) is 6.04. The number of methoxy groups -OCH3 is 1. The van der Waals surface area contributed by atoms with Crippen LogP contribution in [0.1, 0.15) is 22.7 Å². The first-order chi connectivity index (χ1) is 10.8. The minimum Gasteiger partial charge on any atom is -0.497 e. The van der Waals surface area contributed by atoms with Crippen molar-refractivity contribution >= 4 is 12.4 Å². The lowest BCUT2D eigenvalue weighted by molar-refractivity contribution is 0.174. The SMILES string of the molecule is COc1ccc2c(c1)C[C@H]1NCCc3cc4c(c-2c31)OCO4.Cl. The van der Waals surface area contributed by atoms with Gasteiger partial charge in [-0.3, -0.25) is 0 Å². The van der Waals surface area contributed by atoms with Gasteiger partial charge in [-0.15, -0.1) is 12.4 Å². The standard InChI is InChI=1S/C18H17NO3.ClH/c1-20-12-2-3-13-11(6-12)7-14-16-10(4-5-19-14)8-15-18(17(13)16)22-9-21-15;/h2-3,6,8,14,19H,4-5,7,9H2,1H3;1H/t14-;/m1./s1. The summed E-state index contributed by atoms with van der Waals surface area (Å²) in [6, 6.07) is 8.84. The lowest BCUT2D eigenvalue weighted by atomic mass is 9.77. The summed E-state index contributed by atoms with van der Waals surface area (Å²) >= 11 is 0. The number of ether oxygens (including phenoxy) is 3. The Morgan fingerprint density at radius 1 is 1.17 bits per heavy atom. The number of rotatable bonds is 1. The van der Waals surface area contributed by atoms with E-state index in [4.69, 9.17) is 14.2 Å². The second-order valence-electron chi connectivity index (χ2n) is 6.04. The van der Waals surface area contributed by atoms with Crippen LogP contribution in [0.25, 0.3) is 11.1 Å². The van der Waals surface area contributed by atoms with Gasteiger partial charge >= 0.3 is 0 Å². The molecule has 0 spiro atoms. The predicted molar refractivity (Wildman–Crippen MR) is 90.0 cm³/mol. The van der Waals surface area contributed by atoms with Crippen LogP contribution in [-0.2, 0) is 12.8 Å². The molecule has 1 atom stereocenters. The number of benzene rings is 2. The van der Waals surface area contributed by atoms with Crippen molar-refractivity contribution in [3.8, 4) is 28.4 Å². The lowest BCUT2D eigenvalue weighted by Crippen LogP contribution is -2.33. The van der Waals surface area contributed by atoms with E-state index in [1.165, 1.54) is 27.8 Å². The van der Waals surface area contributed by atoms with Crippen molar-refractivity contribution in [2.75, 3.05) is 20.4 Å². The zero-order valence-electron chi connectivity index (χ0n) is 12.8. The summed E-state index contributed by atoms with van der Waals surface area (Å²) in [4.78, 5) is 0. The number of fused-ring (bicyclic) bond motifs is 4. The van der Waals surface area contributed by atoms with E-state index in [0.29, 0.717) is 12.8 Å². The van der Waals surface area contributed by atoms with Crippen LogP contribution in [0.2, 0.25) is 0 Å². The molecule has 23 heavy (non-hydrogen) atoms. The van der Waals surface area contributed by atoms with Crippen LogP contribution in [0.4, 0.5) is 0 Å². The number of nitrogens with one attached hydrogen (secondary N) is 1. The fourth-order valence-corrected chi connectivity index (χ4v) is 3.97. The Labute approximate surface area is 141 Å². The summed E-state index contributed by atoms with van der Waals surface area (Å²) in [6.07, 6.45) is 2.03. The summed E-state index contributed by atoms with van der Waals surface area (Å²) in [5.74, 6) is 2.69. The topological polar surface area (TPSA) is 39.7 Å². The van der Waals surface area contributed by atoms with Crippen molar-refractivity contribution in [2.24, 2.45) is 0 Å². The van der Waals surface area contributed by atoms with Crippen molar-refractivity contribution < 1.29 is 14.2 Å². The molecule has 0 saturated heterocycles. The molecule has 0 aromatic heterocycles. The summed E-state index contributed by atoms with van der Waals surface area (Å²) in [5.41, 5.74) is 6.56. The van der Waals surface area contributed by atoms with E-state index >= 15 is 0 Å². The van der Waals surface area contributed by atoms with Gasteiger partial charge in [-0.1, -0.05) is 6.07 Å². The molecule has 3 aliphatic rings. The molecule has 4 nitrogen and oxygen atoms in total. The zero-order valence-corrected chi connectivity index (χ0v) is 13.7. The monoisotopic (exact) mass is 331 g/mol. The van der Waals surface area contributed by atoms with E-state index in [1.54, 1.807) is 7.11 Å². The summed E-state index contributed by atoms with van der Waals surface area (Å²) in [7, 11) is 1.71. The highest BCUT2D eigenvalue weighted by Crippen LogP contribution is 2.52. The maximum Gasteiger partial charge on any atom is 0.231 e. The van der Waals surface area contributed by atoms with Crippen molar-refractivity contribution in [3.05, 3.63) is 41.0 Å². The number of halogens is 1. The molecule has 2 aromatic rings. The van der Waals surface area contributed by atoms with Gasteiger partial charge in [-0.25, -0.2) is 0 Å². The highest BCUT2D eigenvalue weighted by molar-refractivity contribution is 5.85. The van der Waals surface area contributed by atoms with Crippen molar-refractivity contribution in [2.45, 2.75) is 18.9 Å². The highest BCUT2D eigenvalue weighted by Gasteiger charge is 2.35. The van der Waals surface area contributed by atoms with E-state index in [9.17, 15) is 0 Å². The molecule has 5 heteroatoms. The van der Waals surface area contributed by atoms with Crippen LogP contribution in [0.5, 0.6) is 17.2 Å². The Hall–Kier alpha value is -1.91. The third-order valence-electron chi connectivity index (χ3n) is 4.93. The summed E-state index contributed by atoms with van der Waals surface area (Å²) < 4.78 is 16.9. The Balaban J connectivity index is 0.00000135. The van der Waals surface area contributed by atoms with Gasteiger partial charge < -0.3 is 19.5 Å². The number of hydrogen-bond acceptors (Lipinski definition) is 4. The molecule has 120 valence electrons. The predicted octanol–water partition coefficient (Wildman–Crippen LogP) is 3.26. The molecular weight excluding hydrogens is 314 g/mol. The van der Waals surface area contributed by atoms with Gasteiger partial charge in [0.15, 0.2) is 11.5 Å². The first-order valence-electron chi connectivity index (χ1n) is 7.71. The second kappa shape index (κ2) is 5.32.